The summed E-state index contributed by atoms with van der Waals surface area (Å²) in [6.45, 7) is 1.53. The van der Waals surface area contributed by atoms with E-state index < -0.39 is 0 Å². The van der Waals surface area contributed by atoms with Gasteiger partial charge in [0.05, 0.1) is 13.2 Å². The molecule has 1 amide bonds. The summed E-state index contributed by atoms with van der Waals surface area (Å²) in [5, 5.41) is 6.79. The number of amides is 1. The van der Waals surface area contributed by atoms with E-state index in [1.54, 1.807) is 13.2 Å². The van der Waals surface area contributed by atoms with Gasteiger partial charge in [-0.1, -0.05) is 17.7 Å². The zero-order valence-electron chi connectivity index (χ0n) is 11.4. The molecule has 2 N–H and O–H groups in total. The molecule has 1 unspecified atom stereocenters. The van der Waals surface area contributed by atoms with E-state index in [1.165, 1.54) is 0 Å². The first-order valence-electron chi connectivity index (χ1n) is 6.54. The number of rotatable bonds is 5. The molecule has 0 saturated carbocycles. The van der Waals surface area contributed by atoms with Crippen molar-refractivity contribution in [2.75, 3.05) is 20.2 Å². The van der Waals surface area contributed by atoms with Gasteiger partial charge in [0.2, 0.25) is 5.91 Å². The van der Waals surface area contributed by atoms with Crippen molar-refractivity contribution in [2.24, 2.45) is 0 Å². The van der Waals surface area contributed by atoms with E-state index in [0.717, 1.165) is 37.1 Å². The SMILES string of the molecule is COc1ccc(CCNC(=O)C2CCCN2)c(Cl)c1.Cl. The van der Waals surface area contributed by atoms with Crippen LogP contribution in [0.1, 0.15) is 18.4 Å². The third kappa shape index (κ3) is 4.54. The van der Waals surface area contributed by atoms with E-state index >= 15 is 0 Å². The van der Waals surface area contributed by atoms with Gasteiger partial charge in [0, 0.05) is 11.6 Å². The lowest BCUT2D eigenvalue weighted by atomic mass is 10.1. The lowest BCUT2D eigenvalue weighted by Gasteiger charge is -2.11. The Kier molecular flexibility index (Phi) is 7.13. The van der Waals surface area contributed by atoms with Crippen molar-refractivity contribution in [3.8, 4) is 5.75 Å². The Hall–Kier alpha value is -0.970. The van der Waals surface area contributed by atoms with Crippen molar-refractivity contribution in [2.45, 2.75) is 25.3 Å². The Morgan fingerprint density at radius 1 is 1.55 bits per heavy atom. The van der Waals surface area contributed by atoms with E-state index in [9.17, 15) is 4.79 Å². The third-order valence-electron chi connectivity index (χ3n) is 3.33. The third-order valence-corrected chi connectivity index (χ3v) is 3.68. The maximum Gasteiger partial charge on any atom is 0.237 e. The van der Waals surface area contributed by atoms with Crippen LogP contribution in [0.4, 0.5) is 0 Å². The van der Waals surface area contributed by atoms with Gasteiger partial charge in [-0.15, -0.1) is 12.4 Å². The number of benzene rings is 1. The average molecular weight is 319 g/mol. The first kappa shape index (κ1) is 17.1. The summed E-state index contributed by atoms with van der Waals surface area (Å²) in [7, 11) is 1.61. The van der Waals surface area contributed by atoms with Gasteiger partial charge in [0.25, 0.3) is 0 Å². The Morgan fingerprint density at radius 3 is 2.95 bits per heavy atom. The van der Waals surface area contributed by atoms with Crippen molar-refractivity contribution in [3.63, 3.8) is 0 Å². The lowest BCUT2D eigenvalue weighted by Crippen LogP contribution is -2.41. The summed E-state index contributed by atoms with van der Waals surface area (Å²) in [5.41, 5.74) is 1.02. The van der Waals surface area contributed by atoms with Crippen LogP contribution in [0.3, 0.4) is 0 Å². The van der Waals surface area contributed by atoms with Gasteiger partial charge in [-0.05, 0) is 43.5 Å². The average Bonchev–Trinajstić information content (AvgIpc) is 2.94. The maximum atomic E-state index is 11.8. The monoisotopic (exact) mass is 318 g/mol. The van der Waals surface area contributed by atoms with Crippen molar-refractivity contribution in [1.29, 1.82) is 0 Å². The highest BCUT2D eigenvalue weighted by atomic mass is 35.5. The van der Waals surface area contributed by atoms with Gasteiger partial charge in [-0.25, -0.2) is 0 Å². The fourth-order valence-electron chi connectivity index (χ4n) is 2.21. The standard InChI is InChI=1S/C14H19ClN2O2.ClH/c1-19-11-5-4-10(12(15)9-11)6-8-17-14(18)13-3-2-7-16-13;/h4-5,9,13,16H,2-3,6-8H2,1H3,(H,17,18);1H. The Balaban J connectivity index is 0.00000200. The van der Waals surface area contributed by atoms with E-state index in [0.29, 0.717) is 11.6 Å². The van der Waals surface area contributed by atoms with Crippen LogP contribution in [0, 0.1) is 0 Å². The molecule has 0 spiro atoms. The molecule has 1 heterocycles. The fraction of sp³-hybridized carbons (Fsp3) is 0.500. The van der Waals surface area contributed by atoms with Crippen LogP contribution in [0.25, 0.3) is 0 Å². The van der Waals surface area contributed by atoms with Gasteiger partial charge in [-0.2, -0.15) is 0 Å². The molecule has 1 atom stereocenters. The minimum atomic E-state index is -0.0219. The molecule has 0 bridgehead atoms. The summed E-state index contributed by atoms with van der Waals surface area (Å²) < 4.78 is 5.10. The summed E-state index contributed by atoms with van der Waals surface area (Å²) in [5.74, 6) is 0.829. The van der Waals surface area contributed by atoms with E-state index in [4.69, 9.17) is 16.3 Å². The molecule has 1 aromatic rings. The van der Waals surface area contributed by atoms with E-state index in [1.807, 2.05) is 12.1 Å². The van der Waals surface area contributed by atoms with Crippen LogP contribution < -0.4 is 15.4 Å². The molecule has 0 aliphatic carbocycles. The topological polar surface area (TPSA) is 50.4 Å². The predicted molar refractivity (Wildman–Crippen MR) is 83.0 cm³/mol. The van der Waals surface area contributed by atoms with E-state index in [-0.39, 0.29) is 24.4 Å². The summed E-state index contributed by atoms with van der Waals surface area (Å²) in [4.78, 5) is 11.8. The molecule has 1 aliphatic heterocycles. The minimum absolute atomic E-state index is 0. The second-order valence-electron chi connectivity index (χ2n) is 4.65. The van der Waals surface area contributed by atoms with Crippen LogP contribution in [0.15, 0.2) is 18.2 Å². The molecule has 20 heavy (non-hydrogen) atoms. The number of carbonyl (C=O) groups is 1. The summed E-state index contributed by atoms with van der Waals surface area (Å²) >= 11 is 6.15. The smallest absolute Gasteiger partial charge is 0.237 e. The van der Waals surface area contributed by atoms with Gasteiger partial charge < -0.3 is 15.4 Å². The number of ether oxygens (including phenoxy) is 1. The first-order valence-corrected chi connectivity index (χ1v) is 6.92. The molecule has 0 radical (unpaired) electrons. The summed E-state index contributed by atoms with van der Waals surface area (Å²) in [6.07, 6.45) is 2.72. The number of methoxy groups -OCH3 is 1. The van der Waals surface area contributed by atoms with Gasteiger partial charge in [0.15, 0.2) is 0 Å². The maximum absolute atomic E-state index is 11.8. The highest BCUT2D eigenvalue weighted by molar-refractivity contribution is 6.31. The van der Waals surface area contributed by atoms with Crippen LogP contribution in [0.2, 0.25) is 5.02 Å². The zero-order chi connectivity index (χ0) is 13.7. The Morgan fingerprint density at radius 2 is 2.35 bits per heavy atom. The lowest BCUT2D eigenvalue weighted by molar-refractivity contribution is -0.122. The molecule has 2 rings (SSSR count). The molecular formula is C14H20Cl2N2O2. The Bertz CT molecular complexity index is 449. The number of hydrogen-bond acceptors (Lipinski definition) is 3. The molecule has 112 valence electrons. The number of carbonyl (C=O) groups excluding carboxylic acids is 1. The van der Waals surface area contributed by atoms with Crippen molar-refractivity contribution in [3.05, 3.63) is 28.8 Å². The molecular weight excluding hydrogens is 299 g/mol. The fourth-order valence-corrected chi connectivity index (χ4v) is 2.47. The van der Waals surface area contributed by atoms with Crippen LogP contribution in [-0.4, -0.2) is 32.1 Å². The van der Waals surface area contributed by atoms with E-state index in [2.05, 4.69) is 10.6 Å². The first-order chi connectivity index (χ1) is 9.20. The van der Waals surface area contributed by atoms with Crippen molar-refractivity contribution < 1.29 is 9.53 Å². The molecule has 1 aliphatic rings. The van der Waals surface area contributed by atoms with Gasteiger partial charge in [-0.3, -0.25) is 4.79 Å². The number of halogens is 2. The van der Waals surface area contributed by atoms with Crippen LogP contribution in [0.5, 0.6) is 5.75 Å². The van der Waals surface area contributed by atoms with Crippen molar-refractivity contribution >= 4 is 29.9 Å². The van der Waals surface area contributed by atoms with Crippen LogP contribution >= 0.6 is 24.0 Å². The minimum Gasteiger partial charge on any atom is -0.497 e. The number of nitrogens with one attached hydrogen (secondary N) is 2. The molecule has 0 aromatic heterocycles. The highest BCUT2D eigenvalue weighted by Crippen LogP contribution is 2.22. The highest BCUT2D eigenvalue weighted by Gasteiger charge is 2.21. The van der Waals surface area contributed by atoms with Crippen LogP contribution in [-0.2, 0) is 11.2 Å². The second kappa shape index (κ2) is 8.35. The Labute approximate surface area is 130 Å². The van der Waals surface area contributed by atoms with Crippen molar-refractivity contribution in [1.82, 2.24) is 10.6 Å². The summed E-state index contributed by atoms with van der Waals surface area (Å²) in [6, 6.07) is 5.58. The molecule has 1 saturated heterocycles. The normalized spacial score (nSPS) is 17.4. The van der Waals surface area contributed by atoms with Gasteiger partial charge >= 0.3 is 0 Å². The molecule has 1 fully saturated rings. The molecule has 6 heteroatoms. The van der Waals surface area contributed by atoms with Gasteiger partial charge in [0.1, 0.15) is 5.75 Å². The molecule has 1 aromatic carbocycles. The number of hydrogen-bond donors (Lipinski definition) is 2. The largest absolute Gasteiger partial charge is 0.497 e. The zero-order valence-corrected chi connectivity index (χ0v) is 13.0. The second-order valence-corrected chi connectivity index (χ2v) is 5.05. The predicted octanol–water partition coefficient (Wildman–Crippen LogP) is 2.18. The molecule has 4 nitrogen and oxygen atoms in total. The quantitative estimate of drug-likeness (QED) is 0.875.